The molecule has 0 aromatic heterocycles. The first-order valence-electron chi connectivity index (χ1n) is 12.1. The minimum atomic E-state index is -0.583. The van der Waals surface area contributed by atoms with Gasteiger partial charge in [-0.1, -0.05) is 29.8 Å². The van der Waals surface area contributed by atoms with Gasteiger partial charge in [0.2, 0.25) is 5.91 Å². The smallest absolute Gasteiger partial charge is 0.251 e. The van der Waals surface area contributed by atoms with Gasteiger partial charge in [0.25, 0.3) is 5.91 Å². The third kappa shape index (κ3) is 10.5. The Kier molecular flexibility index (Phi) is 13.2. The fraction of sp³-hybridized carbons (Fsp3) is 0.448. The van der Waals surface area contributed by atoms with Crippen LogP contribution in [0.15, 0.2) is 54.7 Å². The topological polar surface area (TPSA) is 80.3 Å². The van der Waals surface area contributed by atoms with Crippen LogP contribution in [0, 0.1) is 6.92 Å². The zero-order valence-corrected chi connectivity index (χ0v) is 23.9. The summed E-state index contributed by atoms with van der Waals surface area (Å²) in [6.07, 6.45) is 3.20. The minimum absolute atomic E-state index is 0.131. The third-order valence-corrected chi connectivity index (χ3v) is 5.75. The average molecular weight is 514 g/mol. The lowest BCUT2D eigenvalue weighted by Crippen LogP contribution is -2.44. The molecule has 0 aliphatic rings. The number of hydrogen-bond acceptors (Lipinski definition) is 7. The van der Waals surface area contributed by atoms with Crippen molar-refractivity contribution >= 4 is 11.7 Å². The molecule has 2 rings (SSSR count). The maximum atomic E-state index is 12.7. The summed E-state index contributed by atoms with van der Waals surface area (Å²) in [4.78, 5) is 29.0. The van der Waals surface area contributed by atoms with E-state index in [0.717, 1.165) is 16.7 Å². The van der Waals surface area contributed by atoms with E-state index >= 15 is 0 Å². The third-order valence-electron chi connectivity index (χ3n) is 5.75. The van der Waals surface area contributed by atoms with Gasteiger partial charge in [-0.05, 0) is 57.3 Å². The molecule has 1 amide bonds. The lowest BCUT2D eigenvalue weighted by molar-refractivity contribution is -0.270. The monoisotopic (exact) mass is 513 g/mol. The molecular formula is C29H43N3O5. The SMILES string of the molecule is COC(C)(OC)N(C)C.COCC(C)NC(=O)c1cc(C(=O)C=CN(C)C)cc(-c2ccc(C)cc2)c1. The number of ether oxygens (including phenoxy) is 3. The van der Waals surface area contributed by atoms with Crippen LogP contribution < -0.4 is 5.32 Å². The van der Waals surface area contributed by atoms with Crippen molar-refractivity contribution in [2.75, 3.05) is 56.1 Å². The Balaban J connectivity index is 0.000000649. The van der Waals surface area contributed by atoms with Crippen LogP contribution in [-0.4, -0.2) is 89.6 Å². The summed E-state index contributed by atoms with van der Waals surface area (Å²) in [7, 11) is 12.3. The van der Waals surface area contributed by atoms with Crippen LogP contribution in [0.2, 0.25) is 0 Å². The van der Waals surface area contributed by atoms with Gasteiger partial charge >= 0.3 is 0 Å². The number of nitrogens with zero attached hydrogens (tertiary/aromatic N) is 2. The summed E-state index contributed by atoms with van der Waals surface area (Å²) in [5.74, 6) is -0.967. The quantitative estimate of drug-likeness (QED) is 0.274. The molecule has 0 heterocycles. The first kappa shape index (κ1) is 32.0. The molecule has 0 fully saturated rings. The summed E-state index contributed by atoms with van der Waals surface area (Å²) < 4.78 is 15.2. The minimum Gasteiger partial charge on any atom is -0.383 e. The Morgan fingerprint density at radius 1 is 0.946 bits per heavy atom. The van der Waals surface area contributed by atoms with E-state index in [-0.39, 0.29) is 17.7 Å². The van der Waals surface area contributed by atoms with Crippen LogP contribution in [-0.2, 0) is 14.2 Å². The van der Waals surface area contributed by atoms with Gasteiger partial charge in [-0.3, -0.25) is 14.5 Å². The van der Waals surface area contributed by atoms with Crippen LogP contribution in [0.1, 0.15) is 40.1 Å². The van der Waals surface area contributed by atoms with Crippen LogP contribution in [0.3, 0.4) is 0 Å². The van der Waals surface area contributed by atoms with E-state index in [1.54, 1.807) is 38.5 Å². The van der Waals surface area contributed by atoms with Gasteiger partial charge in [0.05, 0.1) is 6.61 Å². The number of nitrogens with one attached hydrogen (secondary N) is 1. The standard InChI is InChI=1S/C23H28N2O3.C6H15NO2/c1-16-6-8-18(9-7-16)19-12-20(22(26)10-11-25(3)4)14-21(13-19)23(27)24-17(2)15-28-5;1-6(8-4,9-5)7(2)3/h6-14,17H,15H2,1-5H3,(H,24,27);1-5H3. The van der Waals surface area contributed by atoms with Gasteiger partial charge in [0, 0.05) is 71.8 Å². The number of rotatable bonds is 11. The normalized spacial score (nSPS) is 12.2. The molecule has 204 valence electrons. The molecular weight excluding hydrogens is 470 g/mol. The Labute approximate surface area is 222 Å². The molecule has 37 heavy (non-hydrogen) atoms. The molecule has 8 heteroatoms. The van der Waals surface area contributed by atoms with Gasteiger partial charge in [-0.2, -0.15) is 0 Å². The van der Waals surface area contributed by atoms with Crippen molar-refractivity contribution in [3.05, 3.63) is 71.4 Å². The number of carbonyl (C=O) groups is 2. The molecule has 0 saturated carbocycles. The highest BCUT2D eigenvalue weighted by molar-refractivity contribution is 6.07. The van der Waals surface area contributed by atoms with Crippen LogP contribution in [0.4, 0.5) is 0 Å². The summed E-state index contributed by atoms with van der Waals surface area (Å²) >= 11 is 0. The average Bonchev–Trinajstić information content (AvgIpc) is 2.87. The second-order valence-electron chi connectivity index (χ2n) is 9.34. The molecule has 1 N–H and O–H groups in total. The highest BCUT2D eigenvalue weighted by Gasteiger charge is 2.24. The van der Waals surface area contributed by atoms with Crippen molar-refractivity contribution in [3.63, 3.8) is 0 Å². The first-order valence-corrected chi connectivity index (χ1v) is 12.1. The number of amides is 1. The number of ketones is 1. The van der Waals surface area contributed by atoms with E-state index in [1.807, 2.05) is 90.3 Å². The molecule has 0 spiro atoms. The van der Waals surface area contributed by atoms with E-state index in [4.69, 9.17) is 14.2 Å². The number of hydrogen-bond donors (Lipinski definition) is 1. The predicted molar refractivity (Wildman–Crippen MR) is 149 cm³/mol. The number of benzene rings is 2. The van der Waals surface area contributed by atoms with Gasteiger partial charge in [0.1, 0.15) is 0 Å². The van der Waals surface area contributed by atoms with E-state index < -0.39 is 5.91 Å². The summed E-state index contributed by atoms with van der Waals surface area (Å²) in [6.45, 7) is 6.16. The largest absolute Gasteiger partial charge is 0.383 e. The zero-order valence-electron chi connectivity index (χ0n) is 23.9. The van der Waals surface area contributed by atoms with Gasteiger partial charge < -0.3 is 24.4 Å². The molecule has 0 radical (unpaired) electrons. The highest BCUT2D eigenvalue weighted by atomic mass is 16.7. The second-order valence-corrected chi connectivity index (χ2v) is 9.34. The molecule has 2 aromatic carbocycles. The van der Waals surface area contributed by atoms with E-state index in [0.29, 0.717) is 17.7 Å². The van der Waals surface area contributed by atoms with Crippen molar-refractivity contribution in [1.82, 2.24) is 15.1 Å². The van der Waals surface area contributed by atoms with Crippen molar-refractivity contribution < 1.29 is 23.8 Å². The lowest BCUT2D eigenvalue weighted by atomic mass is 9.97. The maximum Gasteiger partial charge on any atom is 0.251 e. The fourth-order valence-electron chi connectivity index (χ4n) is 3.17. The summed E-state index contributed by atoms with van der Waals surface area (Å²) in [5, 5.41) is 2.90. The Bertz CT molecular complexity index is 1030. The van der Waals surface area contributed by atoms with Crippen LogP contribution in [0.25, 0.3) is 11.1 Å². The van der Waals surface area contributed by atoms with Crippen LogP contribution in [0.5, 0.6) is 0 Å². The Morgan fingerprint density at radius 3 is 1.97 bits per heavy atom. The van der Waals surface area contributed by atoms with Gasteiger partial charge in [-0.15, -0.1) is 0 Å². The molecule has 0 aliphatic heterocycles. The van der Waals surface area contributed by atoms with Gasteiger partial charge in [-0.25, -0.2) is 0 Å². The highest BCUT2D eigenvalue weighted by Crippen LogP contribution is 2.24. The first-order chi connectivity index (χ1) is 17.4. The van der Waals surface area contributed by atoms with Crippen molar-refractivity contribution in [2.24, 2.45) is 0 Å². The number of aryl methyl sites for hydroxylation is 1. The van der Waals surface area contributed by atoms with E-state index in [1.165, 1.54) is 6.08 Å². The van der Waals surface area contributed by atoms with Crippen molar-refractivity contribution in [1.29, 1.82) is 0 Å². The molecule has 2 aromatic rings. The fourth-order valence-corrected chi connectivity index (χ4v) is 3.17. The second kappa shape index (κ2) is 15.3. The molecule has 8 nitrogen and oxygen atoms in total. The lowest BCUT2D eigenvalue weighted by Gasteiger charge is -2.32. The molecule has 0 saturated heterocycles. The molecule has 0 bridgehead atoms. The Morgan fingerprint density at radius 2 is 1.51 bits per heavy atom. The van der Waals surface area contributed by atoms with E-state index in [2.05, 4.69) is 5.32 Å². The zero-order chi connectivity index (χ0) is 28.2. The number of allylic oxidation sites excluding steroid dienone is 1. The number of carbonyl (C=O) groups excluding carboxylic acids is 2. The van der Waals surface area contributed by atoms with Crippen molar-refractivity contribution in [3.8, 4) is 11.1 Å². The summed E-state index contributed by atoms with van der Waals surface area (Å²) in [6, 6.07) is 13.1. The molecule has 0 aliphatic carbocycles. The van der Waals surface area contributed by atoms with Gasteiger partial charge in [0.15, 0.2) is 5.78 Å². The summed E-state index contributed by atoms with van der Waals surface area (Å²) in [5.41, 5.74) is 3.85. The van der Waals surface area contributed by atoms with Crippen LogP contribution >= 0.6 is 0 Å². The maximum absolute atomic E-state index is 12.7. The molecule has 1 atom stereocenters. The predicted octanol–water partition coefficient (Wildman–Crippen LogP) is 4.20. The number of methoxy groups -OCH3 is 3. The van der Waals surface area contributed by atoms with E-state index in [9.17, 15) is 9.59 Å². The molecule has 1 unspecified atom stereocenters. The van der Waals surface area contributed by atoms with Crippen molar-refractivity contribution in [2.45, 2.75) is 32.7 Å². The Hall–Kier alpha value is -3.04.